The summed E-state index contributed by atoms with van der Waals surface area (Å²) in [5.74, 6) is 2.85. The Morgan fingerprint density at radius 3 is 2.59 bits per heavy atom. The van der Waals surface area contributed by atoms with E-state index in [1.165, 1.54) is 44.3 Å². The lowest BCUT2D eigenvalue weighted by atomic mass is 10.1. The van der Waals surface area contributed by atoms with Crippen LogP contribution in [0.4, 0.5) is 5.82 Å². The van der Waals surface area contributed by atoms with Crippen molar-refractivity contribution in [2.24, 2.45) is 0 Å². The lowest BCUT2D eigenvalue weighted by Gasteiger charge is -2.13. The lowest BCUT2D eigenvalue weighted by Crippen LogP contribution is -2.10. The van der Waals surface area contributed by atoms with Gasteiger partial charge < -0.3 is 10.3 Å². The molecule has 0 saturated heterocycles. The van der Waals surface area contributed by atoms with Crippen LogP contribution in [0, 0.1) is 0 Å². The maximum Gasteiger partial charge on any atom is 0.126 e. The molecule has 0 spiro atoms. The van der Waals surface area contributed by atoms with E-state index in [9.17, 15) is 0 Å². The normalized spacial score (nSPS) is 16.8. The number of unbranched alkanes of at least 4 members (excludes halogenated alkanes) is 1. The van der Waals surface area contributed by atoms with Crippen molar-refractivity contribution in [2.45, 2.75) is 71.3 Å². The fourth-order valence-electron chi connectivity index (χ4n) is 2.84. The molecule has 0 aromatic carbocycles. The van der Waals surface area contributed by atoms with Gasteiger partial charge >= 0.3 is 0 Å². The van der Waals surface area contributed by atoms with Crippen molar-refractivity contribution in [3.63, 3.8) is 0 Å². The minimum Gasteiger partial charge on any atom is -0.384 e. The predicted molar refractivity (Wildman–Crippen MR) is 72.1 cm³/mol. The van der Waals surface area contributed by atoms with Crippen molar-refractivity contribution in [2.75, 3.05) is 5.73 Å². The Labute approximate surface area is 104 Å². The summed E-state index contributed by atoms with van der Waals surface area (Å²) >= 11 is 0. The van der Waals surface area contributed by atoms with Gasteiger partial charge in [-0.25, -0.2) is 4.98 Å². The zero-order chi connectivity index (χ0) is 12.3. The van der Waals surface area contributed by atoms with E-state index in [-0.39, 0.29) is 0 Å². The number of aromatic nitrogens is 2. The second-order valence-electron chi connectivity index (χ2n) is 5.14. The molecule has 0 atom stereocenters. The van der Waals surface area contributed by atoms with Gasteiger partial charge in [0, 0.05) is 12.5 Å². The highest BCUT2D eigenvalue weighted by molar-refractivity contribution is 5.39. The van der Waals surface area contributed by atoms with Gasteiger partial charge in [-0.3, -0.25) is 0 Å². The maximum atomic E-state index is 6.22. The highest BCUT2D eigenvalue weighted by Gasteiger charge is 2.24. The summed E-state index contributed by atoms with van der Waals surface area (Å²) in [6, 6.07) is 0. The van der Waals surface area contributed by atoms with Gasteiger partial charge in [0.05, 0.1) is 5.69 Å². The third kappa shape index (κ3) is 2.48. The SMILES string of the molecule is CCCCn1c(C2CCCC2)nc(CC)c1N. The molecule has 1 saturated carbocycles. The quantitative estimate of drug-likeness (QED) is 0.849. The van der Waals surface area contributed by atoms with Gasteiger partial charge in [-0.1, -0.05) is 33.1 Å². The molecule has 3 heteroatoms. The Balaban J connectivity index is 2.27. The number of anilines is 1. The Morgan fingerprint density at radius 2 is 2.00 bits per heavy atom. The Kier molecular flexibility index (Phi) is 4.08. The second kappa shape index (κ2) is 5.56. The van der Waals surface area contributed by atoms with Crippen LogP contribution < -0.4 is 5.73 Å². The molecule has 1 aliphatic rings. The number of aryl methyl sites for hydroxylation is 1. The Hall–Kier alpha value is -0.990. The molecule has 0 aliphatic heterocycles. The summed E-state index contributed by atoms with van der Waals surface area (Å²) in [5, 5.41) is 0. The summed E-state index contributed by atoms with van der Waals surface area (Å²) in [4.78, 5) is 4.80. The van der Waals surface area contributed by atoms with Crippen LogP contribution in [0.2, 0.25) is 0 Å². The molecule has 0 amide bonds. The van der Waals surface area contributed by atoms with Crippen LogP contribution in [0.5, 0.6) is 0 Å². The van der Waals surface area contributed by atoms with Crippen molar-refractivity contribution in [3.05, 3.63) is 11.5 Å². The van der Waals surface area contributed by atoms with Gasteiger partial charge in [0.2, 0.25) is 0 Å². The van der Waals surface area contributed by atoms with Crippen LogP contribution in [0.3, 0.4) is 0 Å². The second-order valence-corrected chi connectivity index (χ2v) is 5.14. The van der Waals surface area contributed by atoms with E-state index in [1.54, 1.807) is 0 Å². The van der Waals surface area contributed by atoms with E-state index >= 15 is 0 Å². The Morgan fingerprint density at radius 1 is 1.29 bits per heavy atom. The van der Waals surface area contributed by atoms with Gasteiger partial charge in [0.1, 0.15) is 11.6 Å². The first-order valence-electron chi connectivity index (χ1n) is 7.12. The predicted octanol–water partition coefficient (Wildman–Crippen LogP) is 3.49. The number of nitrogens with two attached hydrogens (primary N) is 1. The molecule has 0 radical (unpaired) electrons. The molecule has 1 fully saturated rings. The van der Waals surface area contributed by atoms with Gasteiger partial charge in [-0.2, -0.15) is 0 Å². The number of hydrogen-bond donors (Lipinski definition) is 1. The van der Waals surface area contributed by atoms with Crippen molar-refractivity contribution in [3.8, 4) is 0 Å². The number of rotatable bonds is 5. The number of nitrogen functional groups attached to an aromatic ring is 1. The summed E-state index contributed by atoms with van der Waals surface area (Å²) < 4.78 is 2.29. The van der Waals surface area contributed by atoms with Gasteiger partial charge in [0.25, 0.3) is 0 Å². The summed E-state index contributed by atoms with van der Waals surface area (Å²) in [7, 11) is 0. The van der Waals surface area contributed by atoms with Crippen LogP contribution in [-0.2, 0) is 13.0 Å². The van der Waals surface area contributed by atoms with Crippen molar-refractivity contribution in [1.82, 2.24) is 9.55 Å². The van der Waals surface area contributed by atoms with Crippen LogP contribution in [-0.4, -0.2) is 9.55 Å². The van der Waals surface area contributed by atoms with E-state index in [0.29, 0.717) is 5.92 Å². The summed E-state index contributed by atoms with van der Waals surface area (Å²) in [6.45, 7) is 5.41. The highest BCUT2D eigenvalue weighted by Crippen LogP contribution is 2.35. The van der Waals surface area contributed by atoms with Crippen LogP contribution >= 0.6 is 0 Å². The van der Waals surface area contributed by atoms with Crippen molar-refractivity contribution < 1.29 is 0 Å². The monoisotopic (exact) mass is 235 g/mol. The molecule has 1 aromatic rings. The minimum absolute atomic E-state index is 0.662. The molecule has 1 aliphatic carbocycles. The molecule has 17 heavy (non-hydrogen) atoms. The van der Waals surface area contributed by atoms with Crippen LogP contribution in [0.1, 0.15) is 69.8 Å². The topological polar surface area (TPSA) is 43.8 Å². The molecule has 1 heterocycles. The lowest BCUT2D eigenvalue weighted by molar-refractivity contribution is 0.561. The molecule has 3 nitrogen and oxygen atoms in total. The molecule has 1 aromatic heterocycles. The summed E-state index contributed by atoms with van der Waals surface area (Å²) in [6.07, 6.45) is 8.66. The van der Waals surface area contributed by atoms with E-state index in [4.69, 9.17) is 10.7 Å². The number of imidazole rings is 1. The number of hydrogen-bond acceptors (Lipinski definition) is 2. The van der Waals surface area contributed by atoms with E-state index in [0.717, 1.165) is 24.5 Å². The van der Waals surface area contributed by atoms with E-state index < -0.39 is 0 Å². The minimum atomic E-state index is 0.662. The summed E-state index contributed by atoms with van der Waals surface area (Å²) in [5.41, 5.74) is 7.32. The van der Waals surface area contributed by atoms with Gasteiger partial charge in [0.15, 0.2) is 0 Å². The van der Waals surface area contributed by atoms with Crippen molar-refractivity contribution in [1.29, 1.82) is 0 Å². The van der Waals surface area contributed by atoms with Crippen LogP contribution in [0.25, 0.3) is 0 Å². The Bertz CT molecular complexity index is 362. The molecular weight excluding hydrogens is 210 g/mol. The fraction of sp³-hybridized carbons (Fsp3) is 0.786. The average molecular weight is 235 g/mol. The van der Waals surface area contributed by atoms with Crippen molar-refractivity contribution >= 4 is 5.82 Å². The third-order valence-electron chi connectivity index (χ3n) is 3.90. The first-order chi connectivity index (χ1) is 8.27. The average Bonchev–Trinajstić information content (AvgIpc) is 2.94. The molecule has 0 bridgehead atoms. The number of nitrogens with zero attached hydrogens (tertiary/aromatic N) is 2. The molecule has 2 rings (SSSR count). The zero-order valence-electron chi connectivity index (χ0n) is 11.2. The standard InChI is InChI=1S/C14H25N3/c1-3-5-10-17-13(15)12(4-2)16-14(17)11-8-6-7-9-11/h11H,3-10,15H2,1-2H3. The van der Waals surface area contributed by atoms with Gasteiger partial charge in [-0.15, -0.1) is 0 Å². The first-order valence-corrected chi connectivity index (χ1v) is 7.12. The fourth-order valence-corrected chi connectivity index (χ4v) is 2.84. The van der Waals surface area contributed by atoms with Gasteiger partial charge in [-0.05, 0) is 25.7 Å². The smallest absolute Gasteiger partial charge is 0.126 e. The largest absolute Gasteiger partial charge is 0.384 e. The maximum absolute atomic E-state index is 6.22. The first kappa shape index (κ1) is 12.5. The van der Waals surface area contributed by atoms with Crippen LogP contribution in [0.15, 0.2) is 0 Å². The molecule has 0 unspecified atom stereocenters. The third-order valence-corrected chi connectivity index (χ3v) is 3.90. The molecular formula is C14H25N3. The van der Waals surface area contributed by atoms with E-state index in [1.807, 2.05) is 0 Å². The molecule has 2 N–H and O–H groups in total. The highest BCUT2D eigenvalue weighted by atomic mass is 15.1. The molecule has 96 valence electrons. The zero-order valence-corrected chi connectivity index (χ0v) is 11.2. The van der Waals surface area contributed by atoms with E-state index in [2.05, 4.69) is 18.4 Å².